The first-order valence-corrected chi connectivity index (χ1v) is 7.62. The number of fused-ring (bicyclic) bond motifs is 1. The quantitative estimate of drug-likeness (QED) is 0.736. The second kappa shape index (κ2) is 5.74. The monoisotopic (exact) mass is 342 g/mol. The zero-order valence-electron chi connectivity index (χ0n) is 11.6. The summed E-state index contributed by atoms with van der Waals surface area (Å²) >= 11 is 3.46. The minimum atomic E-state index is -0.0849. The highest BCUT2D eigenvalue weighted by Crippen LogP contribution is 2.23. The van der Waals surface area contributed by atoms with Crippen molar-refractivity contribution in [2.75, 3.05) is 5.32 Å². The minimum absolute atomic E-state index is 0.0849. The van der Waals surface area contributed by atoms with E-state index in [9.17, 15) is 4.79 Å². The van der Waals surface area contributed by atoms with Crippen LogP contribution in [0.15, 0.2) is 59.2 Å². The highest BCUT2D eigenvalue weighted by molar-refractivity contribution is 9.10. The Labute approximate surface area is 131 Å². The van der Waals surface area contributed by atoms with Gasteiger partial charge >= 0.3 is 0 Å². The molecule has 0 fully saturated rings. The van der Waals surface area contributed by atoms with Crippen LogP contribution in [-0.4, -0.2) is 10.5 Å². The summed E-state index contributed by atoms with van der Waals surface area (Å²) in [6.45, 7) is 2.80. The molecule has 0 radical (unpaired) electrons. The average molecular weight is 343 g/mol. The van der Waals surface area contributed by atoms with Crippen molar-refractivity contribution in [1.29, 1.82) is 0 Å². The van der Waals surface area contributed by atoms with Gasteiger partial charge in [-0.05, 0) is 54.1 Å². The lowest BCUT2D eigenvalue weighted by Crippen LogP contribution is -2.16. The Morgan fingerprint density at radius 1 is 1.14 bits per heavy atom. The van der Waals surface area contributed by atoms with Crippen LogP contribution < -0.4 is 5.32 Å². The topological polar surface area (TPSA) is 34.0 Å². The Hall–Kier alpha value is -2.07. The maximum atomic E-state index is 12.3. The van der Waals surface area contributed by atoms with Gasteiger partial charge in [-0.15, -0.1) is 0 Å². The van der Waals surface area contributed by atoms with Gasteiger partial charge in [0, 0.05) is 22.9 Å². The van der Waals surface area contributed by atoms with Crippen LogP contribution in [0.5, 0.6) is 0 Å². The van der Waals surface area contributed by atoms with Crippen LogP contribution >= 0.6 is 15.9 Å². The van der Waals surface area contributed by atoms with Crippen LogP contribution in [0.4, 0.5) is 5.69 Å². The maximum absolute atomic E-state index is 12.3. The Bertz CT molecular complexity index is 807. The van der Waals surface area contributed by atoms with E-state index < -0.39 is 0 Å². The fourth-order valence-corrected chi connectivity index (χ4v) is 2.76. The van der Waals surface area contributed by atoms with E-state index in [0.717, 1.165) is 27.5 Å². The fraction of sp³-hybridized carbons (Fsp3) is 0.118. The molecule has 0 aliphatic heterocycles. The van der Waals surface area contributed by atoms with Crippen molar-refractivity contribution in [2.45, 2.75) is 13.5 Å². The number of hydrogen-bond acceptors (Lipinski definition) is 1. The normalized spacial score (nSPS) is 10.8. The Kier molecular flexibility index (Phi) is 3.80. The average Bonchev–Trinajstić information content (AvgIpc) is 2.96. The van der Waals surface area contributed by atoms with E-state index in [1.165, 1.54) is 0 Å². The summed E-state index contributed by atoms with van der Waals surface area (Å²) in [7, 11) is 0. The zero-order chi connectivity index (χ0) is 14.8. The molecule has 2 aromatic carbocycles. The van der Waals surface area contributed by atoms with E-state index in [1.54, 1.807) is 0 Å². The van der Waals surface area contributed by atoms with E-state index in [0.29, 0.717) is 5.69 Å². The number of anilines is 1. The van der Waals surface area contributed by atoms with Gasteiger partial charge in [-0.1, -0.05) is 28.1 Å². The number of carbonyl (C=O) groups is 1. The zero-order valence-corrected chi connectivity index (χ0v) is 13.2. The lowest BCUT2D eigenvalue weighted by Gasteiger charge is -2.09. The van der Waals surface area contributed by atoms with Crippen molar-refractivity contribution >= 4 is 38.3 Å². The van der Waals surface area contributed by atoms with Crippen LogP contribution in [0, 0.1) is 0 Å². The molecular weight excluding hydrogens is 328 g/mol. The highest BCUT2D eigenvalue weighted by Gasteiger charge is 2.10. The number of hydrogen-bond donors (Lipinski definition) is 1. The molecule has 0 atom stereocenters. The van der Waals surface area contributed by atoms with Gasteiger partial charge in [-0.2, -0.15) is 0 Å². The molecule has 0 aliphatic rings. The van der Waals surface area contributed by atoms with Gasteiger partial charge in [0.25, 0.3) is 5.91 Å². The molecule has 3 nitrogen and oxygen atoms in total. The Morgan fingerprint density at radius 2 is 1.90 bits per heavy atom. The lowest BCUT2D eigenvalue weighted by atomic mass is 10.1. The Morgan fingerprint density at radius 3 is 2.71 bits per heavy atom. The third-order valence-electron chi connectivity index (χ3n) is 3.46. The van der Waals surface area contributed by atoms with Crippen molar-refractivity contribution in [3.63, 3.8) is 0 Å². The number of halogens is 1. The van der Waals surface area contributed by atoms with E-state index in [1.807, 2.05) is 60.2 Å². The molecule has 0 saturated heterocycles. The van der Waals surface area contributed by atoms with Gasteiger partial charge in [0.2, 0.25) is 0 Å². The number of rotatable bonds is 3. The van der Waals surface area contributed by atoms with Gasteiger partial charge in [0.05, 0.1) is 0 Å². The number of nitrogens with zero attached hydrogens (tertiary/aromatic N) is 1. The molecule has 1 aromatic heterocycles. The smallest absolute Gasteiger partial charge is 0.272 e. The van der Waals surface area contributed by atoms with Crippen LogP contribution in [-0.2, 0) is 6.54 Å². The maximum Gasteiger partial charge on any atom is 0.272 e. The molecule has 0 bridgehead atoms. The van der Waals surface area contributed by atoms with E-state index >= 15 is 0 Å². The molecular formula is C17H15BrN2O. The molecule has 3 aromatic rings. The van der Waals surface area contributed by atoms with Crippen molar-refractivity contribution in [2.24, 2.45) is 0 Å². The molecule has 1 N–H and O–H groups in total. The number of carbonyl (C=O) groups excluding carboxylic acids is 1. The number of aryl methyl sites for hydroxylation is 1. The molecule has 4 heteroatoms. The van der Waals surface area contributed by atoms with Gasteiger partial charge < -0.3 is 9.88 Å². The molecule has 21 heavy (non-hydrogen) atoms. The predicted octanol–water partition coefficient (Wildman–Crippen LogP) is 4.68. The van der Waals surface area contributed by atoms with Gasteiger partial charge in [-0.25, -0.2) is 0 Å². The number of aromatic nitrogens is 1. The summed E-state index contributed by atoms with van der Waals surface area (Å²) in [5, 5.41) is 5.19. The van der Waals surface area contributed by atoms with Crippen LogP contribution in [0.3, 0.4) is 0 Å². The second-order valence-electron chi connectivity index (χ2n) is 4.84. The summed E-state index contributed by atoms with van der Waals surface area (Å²) in [6, 6.07) is 15.7. The third kappa shape index (κ3) is 2.85. The lowest BCUT2D eigenvalue weighted by molar-refractivity contribution is 0.101. The molecule has 3 rings (SSSR count). The number of amides is 1. The summed E-state index contributed by atoms with van der Waals surface area (Å²) in [5.74, 6) is -0.0849. The van der Waals surface area contributed by atoms with Gasteiger partial charge in [0.1, 0.15) is 5.69 Å². The van der Waals surface area contributed by atoms with E-state index in [-0.39, 0.29) is 5.91 Å². The predicted molar refractivity (Wildman–Crippen MR) is 89.7 cm³/mol. The van der Waals surface area contributed by atoms with Gasteiger partial charge in [-0.3, -0.25) is 4.79 Å². The van der Waals surface area contributed by atoms with Crippen LogP contribution in [0.1, 0.15) is 17.4 Å². The van der Waals surface area contributed by atoms with E-state index in [4.69, 9.17) is 0 Å². The molecule has 0 unspecified atom stereocenters. The van der Waals surface area contributed by atoms with Crippen molar-refractivity contribution in [3.8, 4) is 0 Å². The van der Waals surface area contributed by atoms with Crippen molar-refractivity contribution in [3.05, 3.63) is 64.9 Å². The van der Waals surface area contributed by atoms with Gasteiger partial charge in [0.15, 0.2) is 0 Å². The third-order valence-corrected chi connectivity index (χ3v) is 3.96. The van der Waals surface area contributed by atoms with Crippen molar-refractivity contribution in [1.82, 2.24) is 4.57 Å². The van der Waals surface area contributed by atoms with E-state index in [2.05, 4.69) is 27.3 Å². The minimum Gasteiger partial charge on any atom is -0.344 e. The molecule has 0 spiro atoms. The first-order valence-electron chi connectivity index (χ1n) is 6.83. The molecule has 0 saturated carbocycles. The highest BCUT2D eigenvalue weighted by atomic mass is 79.9. The number of benzene rings is 2. The van der Waals surface area contributed by atoms with Crippen LogP contribution in [0.2, 0.25) is 0 Å². The molecule has 1 amide bonds. The SMILES string of the molecule is CCn1cccc1C(=O)Nc1ccc2cc(Br)ccc2c1. The summed E-state index contributed by atoms with van der Waals surface area (Å²) in [6.07, 6.45) is 1.91. The standard InChI is InChI=1S/C17H15BrN2O/c1-2-20-9-3-4-16(20)17(21)19-15-8-6-12-10-14(18)7-5-13(12)11-15/h3-11H,2H2,1H3,(H,19,21). The molecule has 1 heterocycles. The largest absolute Gasteiger partial charge is 0.344 e. The first-order chi connectivity index (χ1) is 10.2. The summed E-state index contributed by atoms with van der Waals surface area (Å²) in [4.78, 5) is 12.3. The summed E-state index contributed by atoms with van der Waals surface area (Å²) < 4.78 is 2.97. The fourth-order valence-electron chi connectivity index (χ4n) is 2.39. The second-order valence-corrected chi connectivity index (χ2v) is 5.76. The summed E-state index contributed by atoms with van der Waals surface area (Å²) in [5.41, 5.74) is 1.48. The van der Waals surface area contributed by atoms with Crippen LogP contribution in [0.25, 0.3) is 10.8 Å². The number of nitrogens with one attached hydrogen (secondary N) is 1. The van der Waals surface area contributed by atoms with Crippen molar-refractivity contribution < 1.29 is 4.79 Å². The first kappa shape index (κ1) is 13.9. The molecule has 106 valence electrons. The molecule has 0 aliphatic carbocycles. The Balaban J connectivity index is 1.88.